The summed E-state index contributed by atoms with van der Waals surface area (Å²) >= 11 is 2.76. The summed E-state index contributed by atoms with van der Waals surface area (Å²) < 4.78 is 18.6. The number of aromatic nitrogens is 1. The molecule has 1 atom stereocenters. The van der Waals surface area contributed by atoms with Gasteiger partial charge in [-0.15, -0.1) is 11.3 Å². The summed E-state index contributed by atoms with van der Waals surface area (Å²) in [5.41, 5.74) is 2.52. The topological polar surface area (TPSA) is 79.1 Å². The molecule has 0 radical (unpaired) electrons. The van der Waals surface area contributed by atoms with Crippen LogP contribution in [0, 0.1) is 0 Å². The first-order valence-electron chi connectivity index (χ1n) is 11.5. The first-order chi connectivity index (χ1) is 18.0. The molecule has 7 nitrogen and oxygen atoms in total. The molecule has 0 amide bonds. The van der Waals surface area contributed by atoms with E-state index in [2.05, 4.69) is 4.99 Å². The third-order valence-electron chi connectivity index (χ3n) is 5.96. The van der Waals surface area contributed by atoms with Crippen molar-refractivity contribution in [2.24, 2.45) is 4.99 Å². The molecule has 9 heteroatoms. The van der Waals surface area contributed by atoms with Gasteiger partial charge in [-0.2, -0.15) is 0 Å². The molecular formula is C28H24N2O5S2. The van der Waals surface area contributed by atoms with Gasteiger partial charge >= 0.3 is 5.97 Å². The Hall–Kier alpha value is -3.95. The summed E-state index contributed by atoms with van der Waals surface area (Å²) in [6, 6.07) is 18.6. The average molecular weight is 533 g/mol. The lowest BCUT2D eigenvalue weighted by Gasteiger charge is -2.22. The standard InChI is InChI=1S/C28H24N2O5S2/c1-17-24(27(32)34-3)25(22-10-7-13-36-22)30-26(31)23(37-28(30)29-17)15-19-11-12-20(21(14-19)33-2)35-16-18-8-5-4-6-9-18/h4-15,25H,16H2,1-3H3/b23-15-/t25-/m1/s1. The summed E-state index contributed by atoms with van der Waals surface area (Å²) in [5, 5.41) is 1.92. The number of methoxy groups -OCH3 is 2. The quantitative estimate of drug-likeness (QED) is 0.336. The second kappa shape index (κ2) is 10.6. The predicted octanol–water partition coefficient (Wildman–Crippen LogP) is 4.06. The van der Waals surface area contributed by atoms with Crippen LogP contribution in [0.4, 0.5) is 0 Å². The average Bonchev–Trinajstić information content (AvgIpc) is 3.55. The Morgan fingerprint density at radius 1 is 1.08 bits per heavy atom. The second-order valence-corrected chi connectivity index (χ2v) is 10.3. The van der Waals surface area contributed by atoms with Gasteiger partial charge in [0.2, 0.25) is 0 Å². The van der Waals surface area contributed by atoms with Gasteiger partial charge in [-0.1, -0.05) is 53.8 Å². The van der Waals surface area contributed by atoms with E-state index in [1.807, 2.05) is 66.0 Å². The fourth-order valence-electron chi connectivity index (χ4n) is 4.19. The number of carbonyl (C=O) groups is 1. The molecule has 2 aromatic heterocycles. The Morgan fingerprint density at radius 2 is 1.89 bits per heavy atom. The van der Waals surface area contributed by atoms with E-state index in [4.69, 9.17) is 14.2 Å². The minimum absolute atomic E-state index is 0.223. The fourth-order valence-corrected chi connectivity index (χ4v) is 6.06. The summed E-state index contributed by atoms with van der Waals surface area (Å²) in [7, 11) is 2.92. The molecule has 0 N–H and O–H groups in total. The van der Waals surface area contributed by atoms with Gasteiger partial charge < -0.3 is 14.2 Å². The highest BCUT2D eigenvalue weighted by atomic mass is 32.1. The van der Waals surface area contributed by atoms with E-state index in [9.17, 15) is 9.59 Å². The predicted molar refractivity (Wildman–Crippen MR) is 144 cm³/mol. The molecule has 0 aliphatic carbocycles. The number of thiophene rings is 1. The molecule has 3 heterocycles. The highest BCUT2D eigenvalue weighted by Gasteiger charge is 2.33. The summed E-state index contributed by atoms with van der Waals surface area (Å²) in [6.45, 7) is 2.18. The van der Waals surface area contributed by atoms with Crippen LogP contribution in [0.1, 0.15) is 29.0 Å². The number of benzene rings is 2. The van der Waals surface area contributed by atoms with Gasteiger partial charge in [-0.3, -0.25) is 9.36 Å². The van der Waals surface area contributed by atoms with E-state index in [-0.39, 0.29) is 5.56 Å². The van der Waals surface area contributed by atoms with Crippen LogP contribution in [0.15, 0.2) is 87.1 Å². The van der Waals surface area contributed by atoms with Crippen molar-refractivity contribution in [3.8, 4) is 11.5 Å². The van der Waals surface area contributed by atoms with E-state index in [1.54, 1.807) is 24.7 Å². The number of fused-ring (bicyclic) bond motifs is 1. The van der Waals surface area contributed by atoms with Crippen molar-refractivity contribution in [2.75, 3.05) is 14.2 Å². The van der Waals surface area contributed by atoms with Gasteiger partial charge in [0.05, 0.1) is 30.0 Å². The minimum Gasteiger partial charge on any atom is -0.493 e. The highest BCUT2D eigenvalue weighted by Crippen LogP contribution is 2.33. The normalized spacial score (nSPS) is 15.2. The zero-order valence-corrected chi connectivity index (χ0v) is 22.1. The Kier molecular flexibility index (Phi) is 7.07. The van der Waals surface area contributed by atoms with Crippen molar-refractivity contribution in [2.45, 2.75) is 19.6 Å². The molecule has 0 bridgehead atoms. The Bertz CT molecular complexity index is 1650. The number of ether oxygens (including phenoxy) is 3. The summed E-state index contributed by atoms with van der Waals surface area (Å²) in [4.78, 5) is 32.3. The molecule has 2 aromatic carbocycles. The summed E-state index contributed by atoms with van der Waals surface area (Å²) in [6.07, 6.45) is 1.80. The van der Waals surface area contributed by atoms with Crippen molar-refractivity contribution >= 4 is 34.7 Å². The largest absolute Gasteiger partial charge is 0.493 e. The lowest BCUT2D eigenvalue weighted by molar-refractivity contribution is -0.136. The first kappa shape index (κ1) is 24.7. The van der Waals surface area contributed by atoms with Crippen LogP contribution in [0.2, 0.25) is 0 Å². The number of carbonyl (C=O) groups excluding carboxylic acids is 1. The van der Waals surface area contributed by atoms with Gasteiger partial charge in [0.1, 0.15) is 12.6 Å². The smallest absolute Gasteiger partial charge is 0.338 e. The molecule has 1 aliphatic rings. The van der Waals surface area contributed by atoms with Crippen LogP contribution in [0.25, 0.3) is 6.08 Å². The van der Waals surface area contributed by atoms with E-state index in [0.29, 0.717) is 38.7 Å². The van der Waals surface area contributed by atoms with Crippen LogP contribution in [0.3, 0.4) is 0 Å². The third-order valence-corrected chi connectivity index (χ3v) is 7.87. The van der Waals surface area contributed by atoms with Crippen molar-refractivity contribution in [1.29, 1.82) is 0 Å². The molecule has 0 saturated heterocycles. The number of esters is 1. The van der Waals surface area contributed by atoms with Crippen molar-refractivity contribution in [3.63, 3.8) is 0 Å². The monoisotopic (exact) mass is 532 g/mol. The fraction of sp³-hybridized carbons (Fsp3) is 0.179. The Balaban J connectivity index is 1.53. The maximum absolute atomic E-state index is 13.6. The molecule has 0 saturated carbocycles. The SMILES string of the molecule is COC(=O)C1=C(C)N=c2s/c(=C\c3ccc(OCc4ccccc4)c(OC)c3)c(=O)n2[C@@H]1c1cccs1. The molecule has 37 heavy (non-hydrogen) atoms. The van der Waals surface area contributed by atoms with Crippen LogP contribution in [-0.4, -0.2) is 24.8 Å². The molecule has 5 rings (SSSR count). The minimum atomic E-state index is -0.589. The maximum atomic E-state index is 13.6. The van der Waals surface area contributed by atoms with Crippen LogP contribution < -0.4 is 24.4 Å². The third kappa shape index (κ3) is 4.87. The number of nitrogens with zero attached hydrogens (tertiary/aromatic N) is 2. The maximum Gasteiger partial charge on any atom is 0.338 e. The van der Waals surface area contributed by atoms with Gasteiger partial charge in [0.25, 0.3) is 5.56 Å². The molecular weight excluding hydrogens is 508 g/mol. The van der Waals surface area contributed by atoms with E-state index >= 15 is 0 Å². The molecule has 4 aromatic rings. The zero-order valence-electron chi connectivity index (χ0n) is 20.5. The molecule has 0 unspecified atom stereocenters. The number of hydrogen-bond donors (Lipinski definition) is 0. The Morgan fingerprint density at radius 3 is 2.59 bits per heavy atom. The van der Waals surface area contributed by atoms with Crippen molar-refractivity contribution in [1.82, 2.24) is 4.57 Å². The Labute approximate surface area is 221 Å². The van der Waals surface area contributed by atoms with Gasteiger partial charge in [-0.25, -0.2) is 9.79 Å². The lowest BCUT2D eigenvalue weighted by Crippen LogP contribution is -2.39. The first-order valence-corrected chi connectivity index (χ1v) is 13.2. The van der Waals surface area contributed by atoms with Gasteiger partial charge in [0.15, 0.2) is 16.3 Å². The summed E-state index contributed by atoms with van der Waals surface area (Å²) in [5.74, 6) is 0.684. The number of allylic oxidation sites excluding steroid dienone is 1. The molecule has 188 valence electrons. The number of hydrogen-bond acceptors (Lipinski definition) is 8. The van der Waals surface area contributed by atoms with Gasteiger partial charge in [0, 0.05) is 4.88 Å². The van der Waals surface area contributed by atoms with Crippen LogP contribution in [0.5, 0.6) is 11.5 Å². The van der Waals surface area contributed by atoms with E-state index in [0.717, 1.165) is 16.0 Å². The van der Waals surface area contributed by atoms with Crippen molar-refractivity contribution < 1.29 is 19.0 Å². The van der Waals surface area contributed by atoms with Gasteiger partial charge in [-0.05, 0) is 47.7 Å². The number of rotatable bonds is 7. The second-order valence-electron chi connectivity index (χ2n) is 8.27. The number of thiazole rings is 1. The highest BCUT2D eigenvalue weighted by molar-refractivity contribution is 7.10. The lowest BCUT2D eigenvalue weighted by atomic mass is 10.0. The molecule has 0 fully saturated rings. The van der Waals surface area contributed by atoms with Crippen LogP contribution in [-0.2, 0) is 16.1 Å². The van der Waals surface area contributed by atoms with E-state index in [1.165, 1.54) is 29.8 Å². The molecule has 0 spiro atoms. The van der Waals surface area contributed by atoms with Crippen LogP contribution >= 0.6 is 22.7 Å². The zero-order chi connectivity index (χ0) is 25.9. The van der Waals surface area contributed by atoms with Crippen molar-refractivity contribution in [3.05, 3.63) is 113 Å². The molecule has 1 aliphatic heterocycles. The van der Waals surface area contributed by atoms with E-state index < -0.39 is 12.0 Å².